The van der Waals surface area contributed by atoms with Crippen LogP contribution in [0.15, 0.2) is 22.7 Å². The number of carboxylic acid groups (broad SMARTS) is 1. The Bertz CT molecular complexity index is 464. The second-order valence-corrected chi connectivity index (χ2v) is 5.53. The Balaban J connectivity index is 2.22. The summed E-state index contributed by atoms with van der Waals surface area (Å²) in [5.74, 6) is -0.905. The van der Waals surface area contributed by atoms with Gasteiger partial charge in [-0.3, -0.25) is 0 Å². The maximum atomic E-state index is 10.9. The molecule has 0 saturated carbocycles. The Kier molecular flexibility index (Phi) is 4.82. The van der Waals surface area contributed by atoms with Gasteiger partial charge in [0.15, 0.2) is 0 Å². The summed E-state index contributed by atoms with van der Waals surface area (Å²) in [6, 6.07) is 5.17. The van der Waals surface area contributed by atoms with Gasteiger partial charge in [0.2, 0.25) is 0 Å². The van der Waals surface area contributed by atoms with Crippen LogP contribution in [0.1, 0.15) is 30.1 Å². The number of aromatic carboxylic acids is 1. The standard InChI is InChI=1S/C14H18BrNO3/c1-2-11-9-16(6-3-7-19-11)13-5-4-10(14(17)18)8-12(13)15/h4-5,8,11H,2-3,6-7,9H2,1H3,(H,17,18). The van der Waals surface area contributed by atoms with Gasteiger partial charge in [0, 0.05) is 24.2 Å². The summed E-state index contributed by atoms with van der Waals surface area (Å²) in [6.07, 6.45) is 2.22. The highest BCUT2D eigenvalue weighted by atomic mass is 79.9. The number of rotatable bonds is 3. The highest BCUT2D eigenvalue weighted by molar-refractivity contribution is 9.10. The van der Waals surface area contributed by atoms with E-state index in [1.807, 2.05) is 6.07 Å². The Morgan fingerprint density at radius 2 is 2.37 bits per heavy atom. The SMILES string of the molecule is CCC1CN(c2ccc(C(=O)O)cc2Br)CCCO1. The fourth-order valence-electron chi connectivity index (χ4n) is 2.26. The van der Waals surface area contributed by atoms with Crippen molar-refractivity contribution in [2.24, 2.45) is 0 Å². The van der Waals surface area contributed by atoms with Crippen molar-refractivity contribution in [2.75, 3.05) is 24.6 Å². The normalized spacial score (nSPS) is 20.1. The molecular formula is C14H18BrNO3. The third-order valence-corrected chi connectivity index (χ3v) is 3.98. The van der Waals surface area contributed by atoms with Crippen LogP contribution in [0.5, 0.6) is 0 Å². The van der Waals surface area contributed by atoms with Gasteiger partial charge in [0.25, 0.3) is 0 Å². The fourth-order valence-corrected chi connectivity index (χ4v) is 2.89. The van der Waals surface area contributed by atoms with Gasteiger partial charge in [-0.2, -0.15) is 0 Å². The van der Waals surface area contributed by atoms with Gasteiger partial charge in [0.05, 0.1) is 17.4 Å². The smallest absolute Gasteiger partial charge is 0.335 e. The van der Waals surface area contributed by atoms with E-state index < -0.39 is 5.97 Å². The predicted molar refractivity (Wildman–Crippen MR) is 78.0 cm³/mol. The van der Waals surface area contributed by atoms with Gasteiger partial charge in [-0.05, 0) is 47.0 Å². The van der Waals surface area contributed by atoms with E-state index in [0.29, 0.717) is 5.56 Å². The Labute approximate surface area is 121 Å². The van der Waals surface area contributed by atoms with Crippen molar-refractivity contribution >= 4 is 27.6 Å². The maximum Gasteiger partial charge on any atom is 0.335 e. The van der Waals surface area contributed by atoms with E-state index in [1.165, 1.54) is 0 Å². The molecule has 4 nitrogen and oxygen atoms in total. The van der Waals surface area contributed by atoms with E-state index in [9.17, 15) is 4.79 Å². The summed E-state index contributed by atoms with van der Waals surface area (Å²) in [7, 11) is 0. The first-order chi connectivity index (χ1) is 9.11. The van der Waals surface area contributed by atoms with E-state index in [-0.39, 0.29) is 6.10 Å². The monoisotopic (exact) mass is 327 g/mol. The number of benzene rings is 1. The van der Waals surface area contributed by atoms with Crippen molar-refractivity contribution in [1.29, 1.82) is 0 Å². The van der Waals surface area contributed by atoms with Crippen molar-refractivity contribution in [2.45, 2.75) is 25.9 Å². The summed E-state index contributed by atoms with van der Waals surface area (Å²) in [5, 5.41) is 8.98. The van der Waals surface area contributed by atoms with Gasteiger partial charge < -0.3 is 14.7 Å². The van der Waals surface area contributed by atoms with E-state index in [1.54, 1.807) is 12.1 Å². The molecule has 1 atom stereocenters. The van der Waals surface area contributed by atoms with Crippen LogP contribution in [-0.4, -0.2) is 36.9 Å². The Morgan fingerprint density at radius 3 is 3.00 bits per heavy atom. The molecular weight excluding hydrogens is 310 g/mol. The molecule has 1 aliphatic heterocycles. The molecule has 1 saturated heterocycles. The number of halogens is 1. The average molecular weight is 328 g/mol. The van der Waals surface area contributed by atoms with Crippen molar-refractivity contribution in [1.82, 2.24) is 0 Å². The quantitative estimate of drug-likeness (QED) is 0.926. The van der Waals surface area contributed by atoms with Crippen molar-refractivity contribution in [3.63, 3.8) is 0 Å². The summed E-state index contributed by atoms with van der Waals surface area (Å²) in [6.45, 7) is 4.69. The zero-order chi connectivity index (χ0) is 13.8. The van der Waals surface area contributed by atoms with E-state index in [2.05, 4.69) is 27.8 Å². The first-order valence-electron chi connectivity index (χ1n) is 6.51. The van der Waals surface area contributed by atoms with Gasteiger partial charge in [-0.1, -0.05) is 6.92 Å². The zero-order valence-corrected chi connectivity index (χ0v) is 12.5. The summed E-state index contributed by atoms with van der Waals surface area (Å²) in [4.78, 5) is 13.2. The van der Waals surface area contributed by atoms with E-state index in [4.69, 9.17) is 9.84 Å². The minimum Gasteiger partial charge on any atom is -0.478 e. The molecule has 0 aromatic heterocycles. The molecule has 1 aromatic carbocycles. The second kappa shape index (κ2) is 6.39. The van der Waals surface area contributed by atoms with E-state index in [0.717, 1.165) is 42.7 Å². The molecule has 1 N–H and O–H groups in total. The lowest BCUT2D eigenvalue weighted by molar-refractivity contribution is 0.0664. The number of ether oxygens (including phenoxy) is 1. The summed E-state index contributed by atoms with van der Waals surface area (Å²) in [5.41, 5.74) is 1.34. The second-order valence-electron chi connectivity index (χ2n) is 4.67. The number of hydrogen-bond donors (Lipinski definition) is 1. The van der Waals surface area contributed by atoms with Crippen LogP contribution in [-0.2, 0) is 4.74 Å². The number of carbonyl (C=O) groups is 1. The van der Waals surface area contributed by atoms with Gasteiger partial charge in [-0.15, -0.1) is 0 Å². The number of hydrogen-bond acceptors (Lipinski definition) is 3. The molecule has 1 unspecified atom stereocenters. The molecule has 0 bridgehead atoms. The number of carboxylic acids is 1. The lowest BCUT2D eigenvalue weighted by Crippen LogP contribution is -2.31. The van der Waals surface area contributed by atoms with Crippen LogP contribution in [0.2, 0.25) is 0 Å². The highest BCUT2D eigenvalue weighted by Gasteiger charge is 2.19. The van der Waals surface area contributed by atoms with Crippen LogP contribution in [0.25, 0.3) is 0 Å². The summed E-state index contributed by atoms with van der Waals surface area (Å²) < 4.78 is 6.58. The molecule has 0 aliphatic carbocycles. The molecule has 1 heterocycles. The molecule has 5 heteroatoms. The molecule has 1 aromatic rings. The Hall–Kier alpha value is -1.07. The first kappa shape index (κ1) is 14.3. The summed E-state index contributed by atoms with van der Waals surface area (Å²) >= 11 is 3.47. The van der Waals surface area contributed by atoms with Gasteiger partial charge in [0.1, 0.15) is 0 Å². The predicted octanol–water partition coefficient (Wildman–Crippen LogP) is 3.15. The maximum absolute atomic E-state index is 10.9. The third kappa shape index (κ3) is 3.48. The van der Waals surface area contributed by atoms with Crippen LogP contribution in [0.3, 0.4) is 0 Å². The fraction of sp³-hybridized carbons (Fsp3) is 0.500. The average Bonchev–Trinajstić information content (AvgIpc) is 2.63. The lowest BCUT2D eigenvalue weighted by atomic mass is 10.1. The molecule has 1 fully saturated rings. The van der Waals surface area contributed by atoms with Gasteiger partial charge in [-0.25, -0.2) is 4.79 Å². The lowest BCUT2D eigenvalue weighted by Gasteiger charge is -2.26. The largest absolute Gasteiger partial charge is 0.478 e. The van der Waals surface area contributed by atoms with Crippen molar-refractivity contribution in [3.05, 3.63) is 28.2 Å². The van der Waals surface area contributed by atoms with Crippen LogP contribution in [0.4, 0.5) is 5.69 Å². The van der Waals surface area contributed by atoms with Crippen molar-refractivity contribution in [3.8, 4) is 0 Å². The van der Waals surface area contributed by atoms with E-state index >= 15 is 0 Å². The van der Waals surface area contributed by atoms with Gasteiger partial charge >= 0.3 is 5.97 Å². The molecule has 0 amide bonds. The number of anilines is 1. The van der Waals surface area contributed by atoms with Crippen LogP contribution >= 0.6 is 15.9 Å². The molecule has 104 valence electrons. The zero-order valence-electron chi connectivity index (χ0n) is 10.9. The van der Waals surface area contributed by atoms with Crippen molar-refractivity contribution < 1.29 is 14.6 Å². The minimum atomic E-state index is -0.905. The molecule has 1 aliphatic rings. The molecule has 19 heavy (non-hydrogen) atoms. The van der Waals surface area contributed by atoms with Crippen LogP contribution < -0.4 is 4.90 Å². The molecule has 2 rings (SSSR count). The molecule has 0 radical (unpaired) electrons. The first-order valence-corrected chi connectivity index (χ1v) is 7.30. The third-order valence-electron chi connectivity index (χ3n) is 3.34. The van der Waals surface area contributed by atoms with Crippen LogP contribution in [0, 0.1) is 0 Å². The topological polar surface area (TPSA) is 49.8 Å². The highest BCUT2D eigenvalue weighted by Crippen LogP contribution is 2.29. The molecule has 0 spiro atoms. The number of nitrogens with zero attached hydrogens (tertiary/aromatic N) is 1. The Morgan fingerprint density at radius 1 is 1.58 bits per heavy atom. The minimum absolute atomic E-state index is 0.244.